The predicted molar refractivity (Wildman–Crippen MR) is 66.6 cm³/mol. The Balaban J connectivity index is 2.04. The number of aliphatic hydroxyl groups is 1. The molecule has 1 unspecified atom stereocenters. The zero-order valence-electron chi connectivity index (χ0n) is 10.8. The van der Waals surface area contributed by atoms with Crippen molar-refractivity contribution in [2.75, 3.05) is 6.61 Å². The van der Waals surface area contributed by atoms with Crippen molar-refractivity contribution in [3.63, 3.8) is 0 Å². The van der Waals surface area contributed by atoms with Gasteiger partial charge in [-0.25, -0.2) is 9.67 Å². The molecule has 96 valence electrons. The van der Waals surface area contributed by atoms with Crippen LogP contribution in [0.25, 0.3) is 0 Å². The van der Waals surface area contributed by atoms with E-state index in [0.717, 1.165) is 12.2 Å². The van der Waals surface area contributed by atoms with Crippen LogP contribution in [0, 0.1) is 11.8 Å². The molecule has 1 aliphatic rings. The van der Waals surface area contributed by atoms with Crippen molar-refractivity contribution in [3.05, 3.63) is 12.2 Å². The van der Waals surface area contributed by atoms with Crippen molar-refractivity contribution in [2.45, 2.75) is 52.0 Å². The van der Waals surface area contributed by atoms with Crippen molar-refractivity contribution in [2.24, 2.45) is 11.8 Å². The van der Waals surface area contributed by atoms with Crippen LogP contribution in [0.15, 0.2) is 6.33 Å². The highest BCUT2D eigenvalue weighted by Crippen LogP contribution is 2.32. The van der Waals surface area contributed by atoms with E-state index in [2.05, 4.69) is 23.9 Å². The zero-order chi connectivity index (χ0) is 12.3. The molecule has 0 radical (unpaired) electrons. The summed E-state index contributed by atoms with van der Waals surface area (Å²) in [5.41, 5.74) is 0. The smallest absolute Gasteiger partial charge is 0.138 e. The summed E-state index contributed by atoms with van der Waals surface area (Å²) >= 11 is 0. The molecule has 1 saturated carbocycles. The average molecular weight is 237 g/mol. The van der Waals surface area contributed by atoms with Crippen LogP contribution < -0.4 is 0 Å². The summed E-state index contributed by atoms with van der Waals surface area (Å²) in [7, 11) is 0. The minimum atomic E-state index is 0.273. The molecule has 1 fully saturated rings. The highest BCUT2D eigenvalue weighted by molar-refractivity contribution is 4.91. The summed E-state index contributed by atoms with van der Waals surface area (Å²) in [6.07, 6.45) is 7.65. The van der Waals surface area contributed by atoms with Gasteiger partial charge in [0, 0.05) is 19.1 Å². The third kappa shape index (κ3) is 2.86. The molecule has 1 atom stereocenters. The number of aliphatic hydroxyl groups excluding tert-OH is 1. The van der Waals surface area contributed by atoms with Crippen molar-refractivity contribution in [1.29, 1.82) is 0 Å². The van der Waals surface area contributed by atoms with E-state index < -0.39 is 0 Å². The summed E-state index contributed by atoms with van der Waals surface area (Å²) in [6, 6.07) is 0.343. The van der Waals surface area contributed by atoms with Crippen LogP contribution >= 0.6 is 0 Å². The highest BCUT2D eigenvalue weighted by atomic mass is 16.3. The molecule has 2 rings (SSSR count). The minimum absolute atomic E-state index is 0.273. The van der Waals surface area contributed by atoms with E-state index in [1.54, 1.807) is 6.33 Å². The lowest BCUT2D eigenvalue weighted by atomic mass is 9.88. The Hall–Kier alpha value is -0.900. The zero-order valence-corrected chi connectivity index (χ0v) is 10.8. The van der Waals surface area contributed by atoms with Gasteiger partial charge in [0.15, 0.2) is 0 Å². The first-order valence-electron chi connectivity index (χ1n) is 6.71. The number of hydrogen-bond donors (Lipinski definition) is 1. The fraction of sp³-hybridized carbons (Fsp3) is 0.846. The Kier molecular flexibility index (Phi) is 4.15. The minimum Gasteiger partial charge on any atom is -0.396 e. The first kappa shape index (κ1) is 12.6. The fourth-order valence-electron chi connectivity index (χ4n) is 2.90. The Labute approximate surface area is 103 Å². The second-order valence-corrected chi connectivity index (χ2v) is 5.41. The first-order chi connectivity index (χ1) is 8.22. The lowest BCUT2D eigenvalue weighted by Crippen LogP contribution is -2.21. The van der Waals surface area contributed by atoms with Crippen molar-refractivity contribution in [3.8, 4) is 0 Å². The monoisotopic (exact) mass is 237 g/mol. The van der Waals surface area contributed by atoms with Crippen LogP contribution in [0.4, 0.5) is 0 Å². The predicted octanol–water partition coefficient (Wildman–Crippen LogP) is 2.20. The highest BCUT2D eigenvalue weighted by Gasteiger charge is 2.26. The van der Waals surface area contributed by atoms with Crippen molar-refractivity contribution >= 4 is 0 Å². The van der Waals surface area contributed by atoms with E-state index in [-0.39, 0.29) is 6.61 Å². The van der Waals surface area contributed by atoms with Gasteiger partial charge in [0.1, 0.15) is 12.2 Å². The van der Waals surface area contributed by atoms with Crippen LogP contribution in [0.2, 0.25) is 0 Å². The van der Waals surface area contributed by atoms with Gasteiger partial charge in [-0.1, -0.05) is 25.7 Å². The number of hydrogen-bond acceptors (Lipinski definition) is 3. The molecule has 0 saturated heterocycles. The van der Waals surface area contributed by atoms with E-state index in [0.29, 0.717) is 17.9 Å². The third-order valence-corrected chi connectivity index (χ3v) is 3.88. The first-order valence-corrected chi connectivity index (χ1v) is 6.71. The van der Waals surface area contributed by atoms with Gasteiger partial charge in [0.25, 0.3) is 0 Å². The second kappa shape index (κ2) is 5.63. The van der Waals surface area contributed by atoms with Gasteiger partial charge >= 0.3 is 0 Å². The average Bonchev–Trinajstić information content (AvgIpc) is 2.96. The normalized spacial score (nSPS) is 19.1. The fourth-order valence-corrected chi connectivity index (χ4v) is 2.90. The topological polar surface area (TPSA) is 50.9 Å². The molecule has 4 heteroatoms. The maximum Gasteiger partial charge on any atom is 0.138 e. The number of nitrogens with zero attached hydrogens (tertiary/aromatic N) is 3. The number of aromatic nitrogens is 3. The van der Waals surface area contributed by atoms with E-state index in [1.165, 1.54) is 25.7 Å². The van der Waals surface area contributed by atoms with Crippen LogP contribution in [0.1, 0.15) is 51.4 Å². The van der Waals surface area contributed by atoms with Gasteiger partial charge in [-0.2, -0.15) is 5.10 Å². The molecule has 0 aromatic carbocycles. The largest absolute Gasteiger partial charge is 0.396 e. The van der Waals surface area contributed by atoms with Gasteiger partial charge in [0.05, 0.1) is 0 Å². The van der Waals surface area contributed by atoms with Gasteiger partial charge in [0.2, 0.25) is 0 Å². The van der Waals surface area contributed by atoms with Crippen molar-refractivity contribution in [1.82, 2.24) is 14.8 Å². The lowest BCUT2D eigenvalue weighted by Gasteiger charge is -2.21. The van der Waals surface area contributed by atoms with Crippen LogP contribution in [0.3, 0.4) is 0 Å². The van der Waals surface area contributed by atoms with Gasteiger partial charge in [-0.05, 0) is 25.7 Å². The standard InChI is InChI=1S/C13H23N3O/c1-10(2)16-13(14-9-15-16)7-12(8-17)11-5-3-4-6-11/h9-12,17H,3-8H2,1-2H3. The Morgan fingerprint density at radius 1 is 1.41 bits per heavy atom. The SMILES string of the molecule is CC(C)n1ncnc1CC(CO)C1CCCC1. The molecular formula is C13H23N3O. The molecule has 1 heterocycles. The van der Waals surface area contributed by atoms with E-state index >= 15 is 0 Å². The third-order valence-electron chi connectivity index (χ3n) is 3.88. The van der Waals surface area contributed by atoms with Crippen LogP contribution in [-0.4, -0.2) is 26.5 Å². The second-order valence-electron chi connectivity index (χ2n) is 5.41. The molecule has 17 heavy (non-hydrogen) atoms. The maximum absolute atomic E-state index is 9.56. The van der Waals surface area contributed by atoms with E-state index in [1.807, 2.05) is 4.68 Å². The van der Waals surface area contributed by atoms with Crippen LogP contribution in [0.5, 0.6) is 0 Å². The van der Waals surface area contributed by atoms with E-state index in [9.17, 15) is 5.11 Å². The Bertz CT molecular complexity index is 342. The summed E-state index contributed by atoms with van der Waals surface area (Å²) in [4.78, 5) is 4.34. The molecule has 0 bridgehead atoms. The molecule has 1 aromatic rings. The quantitative estimate of drug-likeness (QED) is 0.854. The summed E-state index contributed by atoms with van der Waals surface area (Å²) in [5.74, 6) is 2.06. The van der Waals surface area contributed by atoms with Crippen molar-refractivity contribution < 1.29 is 5.11 Å². The summed E-state index contributed by atoms with van der Waals surface area (Å²) < 4.78 is 1.97. The van der Waals surface area contributed by atoms with Crippen LogP contribution in [-0.2, 0) is 6.42 Å². The Morgan fingerprint density at radius 3 is 2.71 bits per heavy atom. The van der Waals surface area contributed by atoms with E-state index in [4.69, 9.17) is 0 Å². The molecule has 1 aliphatic carbocycles. The summed E-state index contributed by atoms with van der Waals surface area (Å²) in [5, 5.41) is 13.8. The van der Waals surface area contributed by atoms with Gasteiger partial charge in [-0.15, -0.1) is 0 Å². The molecule has 1 aromatic heterocycles. The molecule has 0 aliphatic heterocycles. The molecular weight excluding hydrogens is 214 g/mol. The Morgan fingerprint density at radius 2 is 2.12 bits per heavy atom. The molecule has 0 spiro atoms. The molecule has 0 amide bonds. The lowest BCUT2D eigenvalue weighted by molar-refractivity contribution is 0.172. The molecule has 1 N–H and O–H groups in total. The summed E-state index contributed by atoms with van der Waals surface area (Å²) in [6.45, 7) is 4.50. The maximum atomic E-state index is 9.56. The van der Waals surface area contributed by atoms with Gasteiger partial charge < -0.3 is 5.11 Å². The number of rotatable bonds is 5. The molecule has 4 nitrogen and oxygen atoms in total. The van der Waals surface area contributed by atoms with Gasteiger partial charge in [-0.3, -0.25) is 0 Å².